The van der Waals surface area contributed by atoms with Gasteiger partial charge >= 0.3 is 0 Å². The molecule has 0 aromatic carbocycles. The van der Waals surface area contributed by atoms with Crippen LogP contribution >= 0.6 is 0 Å². The standard InChI is InChI=1S/C11H19N3/c12-14-13-9-10-3-7-11(8-4-10)5-1-2-6-11/h10H,1-9H2. The van der Waals surface area contributed by atoms with E-state index in [1.54, 1.807) is 0 Å². The molecule has 0 aliphatic heterocycles. The molecule has 2 fully saturated rings. The van der Waals surface area contributed by atoms with Crippen LogP contribution in [0.1, 0.15) is 51.4 Å². The molecule has 0 unspecified atom stereocenters. The Morgan fingerprint density at radius 1 is 1.14 bits per heavy atom. The maximum Gasteiger partial charge on any atom is 0.0286 e. The SMILES string of the molecule is [N-]=[N+]=NCC1CCC2(CCCC2)CC1. The van der Waals surface area contributed by atoms with E-state index < -0.39 is 0 Å². The smallest absolute Gasteiger partial charge is 0.0286 e. The summed E-state index contributed by atoms with van der Waals surface area (Å²) in [5.41, 5.74) is 8.98. The molecular weight excluding hydrogens is 174 g/mol. The Morgan fingerprint density at radius 3 is 2.36 bits per heavy atom. The number of azide groups is 1. The first-order valence-corrected chi connectivity index (χ1v) is 5.86. The summed E-state index contributed by atoms with van der Waals surface area (Å²) in [5, 5.41) is 3.69. The van der Waals surface area contributed by atoms with Gasteiger partial charge in [-0.05, 0) is 55.4 Å². The normalized spacial score (nSPS) is 26.3. The van der Waals surface area contributed by atoms with Crippen LogP contribution in [0.15, 0.2) is 5.11 Å². The molecule has 2 aliphatic rings. The van der Waals surface area contributed by atoms with Gasteiger partial charge in [-0.2, -0.15) is 0 Å². The van der Waals surface area contributed by atoms with Crippen LogP contribution in [0.25, 0.3) is 10.4 Å². The molecule has 0 N–H and O–H groups in total. The van der Waals surface area contributed by atoms with Crippen LogP contribution in [0.2, 0.25) is 0 Å². The summed E-state index contributed by atoms with van der Waals surface area (Å²) < 4.78 is 0. The van der Waals surface area contributed by atoms with Gasteiger partial charge in [-0.3, -0.25) is 0 Å². The lowest BCUT2D eigenvalue weighted by Gasteiger charge is -2.36. The molecule has 2 saturated carbocycles. The lowest BCUT2D eigenvalue weighted by atomic mass is 9.69. The van der Waals surface area contributed by atoms with E-state index in [0.717, 1.165) is 6.54 Å². The van der Waals surface area contributed by atoms with E-state index in [-0.39, 0.29) is 0 Å². The summed E-state index contributed by atoms with van der Waals surface area (Å²) in [4.78, 5) is 2.84. The number of hydrogen-bond acceptors (Lipinski definition) is 1. The van der Waals surface area contributed by atoms with Gasteiger partial charge < -0.3 is 0 Å². The lowest BCUT2D eigenvalue weighted by Crippen LogP contribution is -2.25. The molecule has 1 spiro atoms. The Morgan fingerprint density at radius 2 is 1.79 bits per heavy atom. The average molecular weight is 193 g/mol. The summed E-state index contributed by atoms with van der Waals surface area (Å²) in [7, 11) is 0. The Hall–Kier alpha value is -0.690. The van der Waals surface area contributed by atoms with E-state index in [1.807, 2.05) is 0 Å². The first-order chi connectivity index (χ1) is 6.85. The van der Waals surface area contributed by atoms with Gasteiger partial charge in [0.2, 0.25) is 0 Å². The van der Waals surface area contributed by atoms with Gasteiger partial charge in [0, 0.05) is 11.5 Å². The molecule has 0 atom stereocenters. The Kier molecular flexibility index (Phi) is 2.97. The van der Waals surface area contributed by atoms with Gasteiger partial charge in [-0.1, -0.05) is 18.0 Å². The lowest BCUT2D eigenvalue weighted by molar-refractivity contribution is 0.158. The largest absolute Gasteiger partial charge is 0.0937 e. The van der Waals surface area contributed by atoms with E-state index in [0.29, 0.717) is 11.3 Å². The van der Waals surface area contributed by atoms with Crippen molar-refractivity contribution < 1.29 is 0 Å². The molecule has 0 aromatic rings. The molecule has 3 nitrogen and oxygen atoms in total. The van der Waals surface area contributed by atoms with Gasteiger partial charge in [0.25, 0.3) is 0 Å². The van der Waals surface area contributed by atoms with Gasteiger partial charge in [0.1, 0.15) is 0 Å². The molecule has 0 amide bonds. The highest BCUT2D eigenvalue weighted by molar-refractivity contribution is 4.89. The van der Waals surface area contributed by atoms with Crippen molar-refractivity contribution in [3.05, 3.63) is 10.4 Å². The quantitative estimate of drug-likeness (QED) is 0.361. The number of rotatable bonds is 2. The fourth-order valence-electron chi connectivity index (χ4n) is 3.25. The molecule has 0 aromatic heterocycles. The van der Waals surface area contributed by atoms with Crippen molar-refractivity contribution in [3.8, 4) is 0 Å². The van der Waals surface area contributed by atoms with Gasteiger partial charge in [0.15, 0.2) is 0 Å². The van der Waals surface area contributed by atoms with Crippen LogP contribution in [-0.2, 0) is 0 Å². The summed E-state index contributed by atoms with van der Waals surface area (Å²) in [6.07, 6.45) is 11.2. The zero-order valence-corrected chi connectivity index (χ0v) is 8.78. The van der Waals surface area contributed by atoms with E-state index in [2.05, 4.69) is 10.0 Å². The topological polar surface area (TPSA) is 48.8 Å². The summed E-state index contributed by atoms with van der Waals surface area (Å²) in [6, 6.07) is 0. The highest BCUT2D eigenvalue weighted by atomic mass is 15.1. The number of hydrogen-bond donors (Lipinski definition) is 0. The molecule has 2 aliphatic carbocycles. The van der Waals surface area contributed by atoms with Gasteiger partial charge in [0.05, 0.1) is 0 Å². The van der Waals surface area contributed by atoms with E-state index in [1.165, 1.54) is 51.4 Å². The third kappa shape index (κ3) is 2.03. The van der Waals surface area contributed by atoms with Crippen molar-refractivity contribution >= 4 is 0 Å². The minimum Gasteiger partial charge on any atom is -0.0937 e. The fourth-order valence-corrected chi connectivity index (χ4v) is 3.25. The molecule has 0 heterocycles. The van der Waals surface area contributed by atoms with Crippen molar-refractivity contribution in [2.45, 2.75) is 51.4 Å². The zero-order chi connectivity index (χ0) is 9.86. The van der Waals surface area contributed by atoms with Gasteiger partial charge in [-0.25, -0.2) is 0 Å². The van der Waals surface area contributed by atoms with Gasteiger partial charge in [-0.15, -0.1) is 0 Å². The second kappa shape index (κ2) is 4.22. The highest BCUT2D eigenvalue weighted by Crippen LogP contribution is 2.50. The van der Waals surface area contributed by atoms with Crippen LogP contribution in [0.4, 0.5) is 0 Å². The molecule has 0 radical (unpaired) electrons. The Labute approximate surface area is 85.5 Å². The molecular formula is C11H19N3. The highest BCUT2D eigenvalue weighted by Gasteiger charge is 2.36. The second-order valence-electron chi connectivity index (χ2n) is 5.06. The molecule has 14 heavy (non-hydrogen) atoms. The predicted molar refractivity (Wildman–Crippen MR) is 56.9 cm³/mol. The molecule has 0 bridgehead atoms. The van der Waals surface area contributed by atoms with Crippen LogP contribution in [0, 0.1) is 11.3 Å². The molecule has 2 rings (SSSR count). The van der Waals surface area contributed by atoms with Crippen molar-refractivity contribution in [2.75, 3.05) is 6.54 Å². The fraction of sp³-hybridized carbons (Fsp3) is 1.00. The average Bonchev–Trinajstić information content (AvgIpc) is 2.66. The second-order valence-corrected chi connectivity index (χ2v) is 5.06. The van der Waals surface area contributed by atoms with Crippen molar-refractivity contribution in [3.63, 3.8) is 0 Å². The van der Waals surface area contributed by atoms with E-state index >= 15 is 0 Å². The molecule has 0 saturated heterocycles. The van der Waals surface area contributed by atoms with Crippen molar-refractivity contribution in [1.29, 1.82) is 0 Å². The third-order valence-corrected chi connectivity index (χ3v) is 4.23. The Bertz CT molecular complexity index is 227. The van der Waals surface area contributed by atoms with Crippen LogP contribution in [-0.4, -0.2) is 6.54 Å². The third-order valence-electron chi connectivity index (χ3n) is 4.23. The summed E-state index contributed by atoms with van der Waals surface area (Å²) >= 11 is 0. The zero-order valence-electron chi connectivity index (χ0n) is 8.78. The maximum atomic E-state index is 8.26. The minimum atomic E-state index is 0.678. The van der Waals surface area contributed by atoms with Crippen LogP contribution in [0.3, 0.4) is 0 Å². The monoisotopic (exact) mass is 193 g/mol. The van der Waals surface area contributed by atoms with Crippen LogP contribution < -0.4 is 0 Å². The van der Waals surface area contributed by atoms with E-state index in [9.17, 15) is 0 Å². The molecule has 3 heteroatoms. The first kappa shape index (κ1) is 9.85. The first-order valence-electron chi connectivity index (χ1n) is 5.86. The summed E-state index contributed by atoms with van der Waals surface area (Å²) in [6.45, 7) is 0.729. The van der Waals surface area contributed by atoms with E-state index in [4.69, 9.17) is 5.53 Å². The Balaban J connectivity index is 1.82. The predicted octanol–water partition coefficient (Wildman–Crippen LogP) is 4.05. The minimum absolute atomic E-state index is 0.678. The maximum absolute atomic E-state index is 8.26. The van der Waals surface area contributed by atoms with Crippen molar-refractivity contribution in [2.24, 2.45) is 16.4 Å². The van der Waals surface area contributed by atoms with Crippen molar-refractivity contribution in [1.82, 2.24) is 0 Å². The van der Waals surface area contributed by atoms with Crippen LogP contribution in [0.5, 0.6) is 0 Å². The summed E-state index contributed by atoms with van der Waals surface area (Å²) in [5.74, 6) is 0.678. The number of nitrogens with zero attached hydrogens (tertiary/aromatic N) is 3. The molecule has 78 valence electrons.